The minimum Gasteiger partial charge on any atom is -0.370 e. The molecule has 2 saturated heterocycles. The highest BCUT2D eigenvalue weighted by atomic mass is 16.1. The van der Waals surface area contributed by atoms with Crippen molar-refractivity contribution in [3.63, 3.8) is 0 Å². The second-order valence-corrected chi connectivity index (χ2v) is 7.24. The van der Waals surface area contributed by atoms with Gasteiger partial charge in [-0.05, 0) is 52.0 Å². The third-order valence-corrected chi connectivity index (χ3v) is 5.23. The average molecular weight is 338 g/mol. The molecule has 2 aliphatic rings. The van der Waals surface area contributed by atoms with Crippen molar-refractivity contribution < 1.29 is 4.79 Å². The monoisotopic (exact) mass is 337 g/mol. The highest BCUT2D eigenvalue weighted by Crippen LogP contribution is 2.19. The molecule has 0 aromatic carbocycles. The molecule has 0 spiro atoms. The number of guanidine groups is 1. The van der Waals surface area contributed by atoms with Gasteiger partial charge < -0.3 is 16.0 Å². The topological polar surface area (TPSA) is 74.0 Å². The molecule has 1 amide bonds. The Hall–Kier alpha value is -1.30. The number of carbonyl (C=O) groups is 1. The number of amides is 1. The SMILES string of the molecule is CCNC(=NCCN1CCCCC1C)N1CCCC(CC(N)=O)C1. The summed E-state index contributed by atoms with van der Waals surface area (Å²) < 4.78 is 0. The number of aliphatic imine (C=N–C) groups is 1. The van der Waals surface area contributed by atoms with Crippen LogP contribution in [0.4, 0.5) is 0 Å². The summed E-state index contributed by atoms with van der Waals surface area (Å²) in [6.07, 6.45) is 6.66. The number of primary amides is 1. The van der Waals surface area contributed by atoms with Gasteiger partial charge in [0.1, 0.15) is 0 Å². The van der Waals surface area contributed by atoms with Crippen molar-refractivity contribution in [1.82, 2.24) is 15.1 Å². The van der Waals surface area contributed by atoms with Gasteiger partial charge in [-0.2, -0.15) is 0 Å². The van der Waals surface area contributed by atoms with Gasteiger partial charge in [-0.15, -0.1) is 0 Å². The van der Waals surface area contributed by atoms with E-state index in [4.69, 9.17) is 10.7 Å². The Morgan fingerprint density at radius 3 is 2.79 bits per heavy atom. The molecular weight excluding hydrogens is 302 g/mol. The maximum atomic E-state index is 11.2. The van der Waals surface area contributed by atoms with Crippen LogP contribution in [0, 0.1) is 5.92 Å². The number of hydrogen-bond acceptors (Lipinski definition) is 3. The van der Waals surface area contributed by atoms with Gasteiger partial charge in [0.25, 0.3) is 0 Å². The summed E-state index contributed by atoms with van der Waals surface area (Å²) in [5.74, 6) is 1.17. The standard InChI is InChI=1S/C18H35N5O/c1-3-20-18(21-9-12-22-10-5-4-7-15(22)2)23-11-6-8-16(14-23)13-17(19)24/h15-16H,3-14H2,1-2H3,(H2,19,24)(H,20,21). The molecule has 6 heteroatoms. The zero-order chi connectivity index (χ0) is 17.4. The van der Waals surface area contributed by atoms with E-state index in [9.17, 15) is 4.79 Å². The molecule has 2 fully saturated rings. The van der Waals surface area contributed by atoms with E-state index >= 15 is 0 Å². The van der Waals surface area contributed by atoms with Crippen LogP contribution in [0.3, 0.4) is 0 Å². The third-order valence-electron chi connectivity index (χ3n) is 5.23. The number of likely N-dealkylation sites (tertiary alicyclic amines) is 2. The average Bonchev–Trinajstić information content (AvgIpc) is 2.55. The van der Waals surface area contributed by atoms with Crippen molar-refractivity contribution in [2.75, 3.05) is 39.3 Å². The Labute approximate surface area is 146 Å². The zero-order valence-electron chi connectivity index (χ0n) is 15.5. The molecule has 6 nitrogen and oxygen atoms in total. The van der Waals surface area contributed by atoms with E-state index in [-0.39, 0.29) is 5.91 Å². The van der Waals surface area contributed by atoms with Crippen molar-refractivity contribution in [2.24, 2.45) is 16.6 Å². The van der Waals surface area contributed by atoms with Crippen molar-refractivity contribution in [2.45, 2.75) is 58.4 Å². The normalized spacial score (nSPS) is 26.4. The minimum atomic E-state index is -0.192. The Morgan fingerprint density at radius 2 is 2.08 bits per heavy atom. The molecule has 3 N–H and O–H groups in total. The second-order valence-electron chi connectivity index (χ2n) is 7.24. The number of hydrogen-bond donors (Lipinski definition) is 2. The van der Waals surface area contributed by atoms with Crippen LogP contribution in [-0.2, 0) is 4.79 Å². The molecule has 0 aromatic heterocycles. The molecule has 0 bridgehead atoms. The third kappa shape index (κ3) is 5.96. The maximum absolute atomic E-state index is 11.2. The second kappa shape index (κ2) is 9.87. The first kappa shape index (κ1) is 19.0. The smallest absolute Gasteiger partial charge is 0.217 e. The quantitative estimate of drug-likeness (QED) is 0.568. The van der Waals surface area contributed by atoms with Crippen LogP contribution in [0.2, 0.25) is 0 Å². The first-order valence-electron chi connectivity index (χ1n) is 9.65. The molecule has 2 aliphatic heterocycles. The predicted molar refractivity (Wildman–Crippen MR) is 99.0 cm³/mol. The zero-order valence-corrected chi connectivity index (χ0v) is 15.5. The minimum absolute atomic E-state index is 0.192. The lowest BCUT2D eigenvalue weighted by atomic mass is 9.95. The number of carbonyl (C=O) groups excluding carboxylic acids is 1. The van der Waals surface area contributed by atoms with Crippen molar-refractivity contribution in [3.8, 4) is 0 Å². The Balaban J connectivity index is 1.88. The van der Waals surface area contributed by atoms with E-state index in [0.717, 1.165) is 51.5 Å². The Morgan fingerprint density at radius 1 is 1.25 bits per heavy atom. The van der Waals surface area contributed by atoms with Crippen LogP contribution in [0.25, 0.3) is 0 Å². The van der Waals surface area contributed by atoms with Gasteiger partial charge in [-0.1, -0.05) is 6.42 Å². The van der Waals surface area contributed by atoms with Crippen molar-refractivity contribution in [1.29, 1.82) is 0 Å². The van der Waals surface area contributed by atoms with Gasteiger partial charge in [0.05, 0.1) is 6.54 Å². The van der Waals surface area contributed by atoms with Crippen LogP contribution in [0.15, 0.2) is 4.99 Å². The van der Waals surface area contributed by atoms with Crippen molar-refractivity contribution in [3.05, 3.63) is 0 Å². The summed E-state index contributed by atoms with van der Waals surface area (Å²) in [6, 6.07) is 0.687. The van der Waals surface area contributed by atoms with Gasteiger partial charge >= 0.3 is 0 Å². The molecule has 138 valence electrons. The molecule has 2 atom stereocenters. The van der Waals surface area contributed by atoms with E-state index < -0.39 is 0 Å². The molecule has 0 radical (unpaired) electrons. The molecule has 0 saturated carbocycles. The van der Waals surface area contributed by atoms with Crippen LogP contribution >= 0.6 is 0 Å². The fourth-order valence-corrected chi connectivity index (χ4v) is 3.91. The van der Waals surface area contributed by atoms with E-state index in [1.807, 2.05) is 0 Å². The lowest BCUT2D eigenvalue weighted by molar-refractivity contribution is -0.119. The first-order chi connectivity index (χ1) is 11.6. The molecule has 0 aromatic rings. The Bertz CT molecular complexity index is 426. The number of nitrogens with one attached hydrogen (secondary N) is 1. The van der Waals surface area contributed by atoms with Gasteiger partial charge in [0, 0.05) is 38.6 Å². The first-order valence-corrected chi connectivity index (χ1v) is 9.65. The summed E-state index contributed by atoms with van der Waals surface area (Å²) in [4.78, 5) is 20.9. The molecule has 2 unspecified atom stereocenters. The fourth-order valence-electron chi connectivity index (χ4n) is 3.91. The molecule has 0 aliphatic carbocycles. The van der Waals surface area contributed by atoms with Gasteiger partial charge in [-0.25, -0.2) is 0 Å². The summed E-state index contributed by atoms with van der Waals surface area (Å²) in [6.45, 7) is 10.3. The summed E-state index contributed by atoms with van der Waals surface area (Å²) >= 11 is 0. The van der Waals surface area contributed by atoms with Crippen molar-refractivity contribution >= 4 is 11.9 Å². The highest BCUT2D eigenvalue weighted by molar-refractivity contribution is 5.80. The highest BCUT2D eigenvalue weighted by Gasteiger charge is 2.23. The summed E-state index contributed by atoms with van der Waals surface area (Å²) in [5, 5.41) is 3.42. The van der Waals surface area contributed by atoms with E-state index in [2.05, 4.69) is 29.0 Å². The van der Waals surface area contributed by atoms with Gasteiger partial charge in [-0.3, -0.25) is 14.7 Å². The van der Waals surface area contributed by atoms with Crippen LogP contribution < -0.4 is 11.1 Å². The lowest BCUT2D eigenvalue weighted by Crippen LogP contribution is -2.47. The molecule has 24 heavy (non-hydrogen) atoms. The maximum Gasteiger partial charge on any atom is 0.217 e. The Kier molecular flexibility index (Phi) is 7.82. The molecular formula is C18H35N5O. The predicted octanol–water partition coefficient (Wildman–Crippen LogP) is 1.41. The number of rotatable bonds is 6. The van der Waals surface area contributed by atoms with E-state index in [1.54, 1.807) is 0 Å². The summed E-state index contributed by atoms with van der Waals surface area (Å²) in [7, 11) is 0. The van der Waals surface area contributed by atoms with E-state index in [1.165, 1.54) is 25.8 Å². The largest absolute Gasteiger partial charge is 0.370 e. The molecule has 2 heterocycles. The summed E-state index contributed by atoms with van der Waals surface area (Å²) in [5.41, 5.74) is 5.37. The lowest BCUT2D eigenvalue weighted by Gasteiger charge is -2.35. The van der Waals surface area contributed by atoms with Gasteiger partial charge in [0.2, 0.25) is 5.91 Å². The number of nitrogens with zero attached hydrogens (tertiary/aromatic N) is 3. The van der Waals surface area contributed by atoms with Crippen LogP contribution in [-0.4, -0.2) is 67.0 Å². The molecule has 2 rings (SSSR count). The van der Waals surface area contributed by atoms with Crippen LogP contribution in [0.1, 0.15) is 52.4 Å². The number of nitrogens with two attached hydrogens (primary N) is 1. The van der Waals surface area contributed by atoms with Gasteiger partial charge in [0.15, 0.2) is 5.96 Å². The number of piperidine rings is 2. The van der Waals surface area contributed by atoms with E-state index in [0.29, 0.717) is 18.4 Å². The van der Waals surface area contributed by atoms with Crippen LogP contribution in [0.5, 0.6) is 0 Å². The fraction of sp³-hybridized carbons (Fsp3) is 0.889.